The highest BCUT2D eigenvalue weighted by Gasteiger charge is 2.44. The molecule has 134 valence electrons. The van der Waals surface area contributed by atoms with Gasteiger partial charge in [-0.15, -0.1) is 0 Å². The van der Waals surface area contributed by atoms with Gasteiger partial charge in [-0.2, -0.15) is 0 Å². The molecule has 26 heavy (non-hydrogen) atoms. The van der Waals surface area contributed by atoms with Crippen molar-refractivity contribution in [3.63, 3.8) is 0 Å². The monoisotopic (exact) mass is 356 g/mol. The zero-order chi connectivity index (χ0) is 18.8. The molecule has 0 amide bonds. The second kappa shape index (κ2) is 5.30. The van der Waals surface area contributed by atoms with Gasteiger partial charge in [0.2, 0.25) is 5.43 Å². The minimum Gasteiger partial charge on any atom is -0.507 e. The zero-order valence-corrected chi connectivity index (χ0v) is 13.8. The molecule has 0 unspecified atom stereocenters. The number of aliphatic hydroxyl groups excluding tert-OH is 1. The normalized spacial score (nSPS) is 22.5. The molecule has 0 saturated carbocycles. The number of fused-ring (bicyclic) bond motifs is 3. The predicted molar refractivity (Wildman–Crippen MR) is 92.2 cm³/mol. The van der Waals surface area contributed by atoms with E-state index in [1.54, 1.807) is 18.2 Å². The Morgan fingerprint density at radius 2 is 1.92 bits per heavy atom. The Morgan fingerprint density at radius 1 is 1.23 bits per heavy atom. The number of para-hydroxylation sites is 1. The van der Waals surface area contributed by atoms with E-state index in [2.05, 4.69) is 0 Å². The van der Waals surface area contributed by atoms with Crippen LogP contribution in [0.15, 0.2) is 33.5 Å². The summed E-state index contributed by atoms with van der Waals surface area (Å²) >= 11 is 0. The number of rotatable bonds is 1. The lowest BCUT2D eigenvalue weighted by atomic mass is 9.75. The molecule has 1 aromatic heterocycles. The first-order valence-corrected chi connectivity index (χ1v) is 8.08. The van der Waals surface area contributed by atoms with E-state index in [-0.39, 0.29) is 45.9 Å². The first-order valence-electron chi connectivity index (χ1n) is 8.08. The molecule has 0 spiro atoms. The molecule has 0 radical (unpaired) electrons. The summed E-state index contributed by atoms with van der Waals surface area (Å²) < 4.78 is 5.60. The van der Waals surface area contributed by atoms with Gasteiger partial charge >= 0.3 is 0 Å². The van der Waals surface area contributed by atoms with E-state index < -0.39 is 34.4 Å². The van der Waals surface area contributed by atoms with E-state index in [4.69, 9.17) is 4.42 Å². The van der Waals surface area contributed by atoms with Crippen molar-refractivity contribution in [2.45, 2.75) is 31.5 Å². The maximum atomic E-state index is 12.8. The van der Waals surface area contributed by atoms with Crippen LogP contribution in [-0.4, -0.2) is 31.8 Å². The van der Waals surface area contributed by atoms with Crippen LogP contribution >= 0.6 is 0 Å². The highest BCUT2D eigenvalue weighted by Crippen LogP contribution is 2.48. The molecular formula is C19H16O7. The quantitative estimate of drug-likeness (QED) is 0.385. The third-order valence-electron chi connectivity index (χ3n) is 5.10. The van der Waals surface area contributed by atoms with Crippen molar-refractivity contribution in [2.75, 3.05) is 0 Å². The second-order valence-corrected chi connectivity index (χ2v) is 6.71. The number of aromatic hydroxyl groups is 2. The highest BCUT2D eigenvalue weighted by molar-refractivity contribution is 5.98. The number of Topliss-reactive ketones (excluding diaryl/α,β-unsaturated/α-hetero) is 1. The number of phenols is 2. The molecule has 0 fully saturated rings. The van der Waals surface area contributed by atoms with E-state index in [1.165, 1.54) is 13.0 Å². The molecule has 0 aliphatic heterocycles. The summed E-state index contributed by atoms with van der Waals surface area (Å²) in [5, 5.41) is 42.1. The Labute approximate surface area is 146 Å². The summed E-state index contributed by atoms with van der Waals surface area (Å²) in [7, 11) is 0. The van der Waals surface area contributed by atoms with Gasteiger partial charge in [-0.25, -0.2) is 0 Å². The lowest BCUT2D eigenvalue weighted by Crippen LogP contribution is -2.44. The lowest BCUT2D eigenvalue weighted by molar-refractivity contribution is -0.139. The summed E-state index contributed by atoms with van der Waals surface area (Å²) in [5.74, 6) is -1.56. The number of ketones is 1. The number of benzene rings is 2. The van der Waals surface area contributed by atoms with Gasteiger partial charge < -0.3 is 24.8 Å². The number of hydrogen-bond acceptors (Lipinski definition) is 7. The van der Waals surface area contributed by atoms with Gasteiger partial charge in [-0.3, -0.25) is 9.59 Å². The highest BCUT2D eigenvalue weighted by atomic mass is 16.4. The van der Waals surface area contributed by atoms with Gasteiger partial charge in [0.1, 0.15) is 22.3 Å². The number of carbonyl (C=O) groups is 1. The molecule has 7 nitrogen and oxygen atoms in total. The van der Waals surface area contributed by atoms with Gasteiger partial charge in [0.05, 0.1) is 11.5 Å². The van der Waals surface area contributed by atoms with Crippen molar-refractivity contribution in [2.24, 2.45) is 0 Å². The molecule has 4 rings (SSSR count). The van der Waals surface area contributed by atoms with Crippen LogP contribution < -0.4 is 5.43 Å². The smallest absolute Gasteiger partial charge is 0.204 e. The van der Waals surface area contributed by atoms with Crippen LogP contribution in [0.1, 0.15) is 30.6 Å². The van der Waals surface area contributed by atoms with Gasteiger partial charge in [0.15, 0.2) is 17.1 Å². The zero-order valence-electron chi connectivity index (χ0n) is 13.8. The van der Waals surface area contributed by atoms with Gasteiger partial charge in [0, 0.05) is 24.0 Å². The first-order chi connectivity index (χ1) is 12.2. The average Bonchev–Trinajstić information content (AvgIpc) is 2.59. The summed E-state index contributed by atoms with van der Waals surface area (Å²) in [5.41, 5.74) is -2.53. The minimum absolute atomic E-state index is 0.0333. The SMILES string of the molecule is CC(=O)[C@@]1(O)Cc2c(c(O)c3oc4ccccc4c(=O)c3c2O)[C@@H](O)C1. The van der Waals surface area contributed by atoms with Gasteiger partial charge in [0.25, 0.3) is 0 Å². The maximum absolute atomic E-state index is 12.8. The van der Waals surface area contributed by atoms with Gasteiger partial charge in [-0.05, 0) is 19.1 Å². The van der Waals surface area contributed by atoms with E-state index in [9.17, 15) is 30.0 Å². The Hall–Kier alpha value is -2.90. The molecule has 2 atom stereocenters. The van der Waals surface area contributed by atoms with E-state index in [0.717, 1.165) is 0 Å². The molecule has 0 bridgehead atoms. The summed E-state index contributed by atoms with van der Waals surface area (Å²) in [6.07, 6.45) is -2.05. The molecule has 1 aliphatic carbocycles. The van der Waals surface area contributed by atoms with Crippen LogP contribution in [0.5, 0.6) is 11.5 Å². The summed E-state index contributed by atoms with van der Waals surface area (Å²) in [6, 6.07) is 6.38. The average molecular weight is 356 g/mol. The number of carbonyl (C=O) groups excluding carboxylic acids is 1. The molecule has 3 aromatic rings. The number of phenolic OH excluding ortho intramolecular Hbond substituents is 2. The molecular weight excluding hydrogens is 340 g/mol. The van der Waals surface area contributed by atoms with Crippen molar-refractivity contribution in [3.05, 3.63) is 45.6 Å². The first kappa shape index (κ1) is 16.6. The molecule has 1 heterocycles. The number of aliphatic hydroxyl groups is 2. The van der Waals surface area contributed by atoms with Crippen LogP contribution in [-0.2, 0) is 11.2 Å². The van der Waals surface area contributed by atoms with E-state index in [1.807, 2.05) is 0 Å². The summed E-state index contributed by atoms with van der Waals surface area (Å²) in [4.78, 5) is 24.6. The Balaban J connectivity index is 2.15. The fraction of sp³-hybridized carbons (Fsp3) is 0.263. The molecule has 0 saturated heterocycles. The third kappa shape index (κ3) is 2.07. The molecule has 4 N–H and O–H groups in total. The van der Waals surface area contributed by atoms with Crippen molar-refractivity contribution in [1.29, 1.82) is 0 Å². The van der Waals surface area contributed by atoms with Crippen LogP contribution in [0.2, 0.25) is 0 Å². The van der Waals surface area contributed by atoms with E-state index >= 15 is 0 Å². The largest absolute Gasteiger partial charge is 0.507 e. The topological polar surface area (TPSA) is 128 Å². The summed E-state index contributed by atoms with van der Waals surface area (Å²) in [6.45, 7) is 1.18. The Bertz CT molecular complexity index is 1140. The van der Waals surface area contributed by atoms with Crippen LogP contribution in [0.3, 0.4) is 0 Å². The van der Waals surface area contributed by atoms with Crippen molar-refractivity contribution in [1.82, 2.24) is 0 Å². The third-order valence-corrected chi connectivity index (χ3v) is 5.10. The van der Waals surface area contributed by atoms with Crippen molar-refractivity contribution < 1.29 is 29.6 Å². The van der Waals surface area contributed by atoms with Crippen LogP contribution in [0.25, 0.3) is 21.9 Å². The maximum Gasteiger partial charge on any atom is 0.204 e. The molecule has 7 heteroatoms. The van der Waals surface area contributed by atoms with E-state index in [0.29, 0.717) is 0 Å². The fourth-order valence-corrected chi connectivity index (χ4v) is 3.66. The van der Waals surface area contributed by atoms with Crippen LogP contribution in [0, 0.1) is 0 Å². The Kier molecular flexibility index (Phi) is 3.37. The standard InChI is InChI=1S/C19H16O7/c1-8(20)19(25)6-10-13(11(21)7-19)17(24)18-14(16(10)23)15(22)9-4-2-3-5-12(9)26-18/h2-5,11,21,23-25H,6-7H2,1H3/t11-,19+/m0/s1. The molecule has 2 aromatic carbocycles. The lowest BCUT2D eigenvalue weighted by Gasteiger charge is -2.35. The van der Waals surface area contributed by atoms with Crippen LogP contribution in [0.4, 0.5) is 0 Å². The molecule has 1 aliphatic rings. The van der Waals surface area contributed by atoms with Gasteiger partial charge in [-0.1, -0.05) is 12.1 Å². The fourth-order valence-electron chi connectivity index (χ4n) is 3.66. The minimum atomic E-state index is -1.89. The predicted octanol–water partition coefficient (Wildman–Crippen LogP) is 1.66. The Morgan fingerprint density at radius 3 is 2.62 bits per heavy atom. The van der Waals surface area contributed by atoms with Crippen molar-refractivity contribution >= 4 is 27.7 Å². The second-order valence-electron chi connectivity index (χ2n) is 6.71. The number of hydrogen-bond donors (Lipinski definition) is 4. The van der Waals surface area contributed by atoms with Crippen molar-refractivity contribution in [3.8, 4) is 11.5 Å².